The molecule has 17 heavy (non-hydrogen) atoms. The SMILES string of the molecule is O=C(O)[C@H]1CC(=O)N(c2ccc(Br)cc2Cl)C1. The average Bonchev–Trinajstić information content (AvgIpc) is 2.61. The molecule has 1 aliphatic heterocycles. The van der Waals surface area contributed by atoms with Crippen LogP contribution in [0.15, 0.2) is 22.7 Å². The van der Waals surface area contributed by atoms with Gasteiger partial charge in [0.2, 0.25) is 5.91 Å². The number of aliphatic carboxylic acids is 1. The van der Waals surface area contributed by atoms with Gasteiger partial charge in [0.05, 0.1) is 16.6 Å². The first kappa shape index (κ1) is 12.4. The number of anilines is 1. The minimum Gasteiger partial charge on any atom is -0.481 e. The summed E-state index contributed by atoms with van der Waals surface area (Å²) >= 11 is 9.30. The highest BCUT2D eigenvalue weighted by atomic mass is 79.9. The minimum atomic E-state index is -0.950. The first-order chi connectivity index (χ1) is 7.99. The molecule has 0 aliphatic carbocycles. The highest BCUT2D eigenvalue weighted by molar-refractivity contribution is 9.10. The minimum absolute atomic E-state index is 0.0295. The van der Waals surface area contributed by atoms with Gasteiger partial charge in [-0.15, -0.1) is 0 Å². The van der Waals surface area contributed by atoms with Gasteiger partial charge in [0, 0.05) is 17.4 Å². The highest BCUT2D eigenvalue weighted by Crippen LogP contribution is 2.33. The summed E-state index contributed by atoms with van der Waals surface area (Å²) in [4.78, 5) is 24.0. The lowest BCUT2D eigenvalue weighted by Gasteiger charge is -2.17. The van der Waals surface area contributed by atoms with Gasteiger partial charge in [0.25, 0.3) is 0 Å². The van der Waals surface area contributed by atoms with E-state index in [0.29, 0.717) is 10.7 Å². The lowest BCUT2D eigenvalue weighted by molar-refractivity contribution is -0.141. The van der Waals surface area contributed by atoms with Crippen molar-refractivity contribution in [2.75, 3.05) is 11.4 Å². The maximum Gasteiger partial charge on any atom is 0.308 e. The number of carbonyl (C=O) groups excluding carboxylic acids is 1. The van der Waals surface area contributed by atoms with E-state index < -0.39 is 11.9 Å². The molecule has 1 aliphatic rings. The fourth-order valence-electron chi connectivity index (χ4n) is 1.81. The van der Waals surface area contributed by atoms with Crippen molar-refractivity contribution in [3.63, 3.8) is 0 Å². The predicted molar refractivity (Wildman–Crippen MR) is 67.2 cm³/mol. The fraction of sp³-hybridized carbons (Fsp3) is 0.273. The van der Waals surface area contributed by atoms with E-state index in [4.69, 9.17) is 16.7 Å². The molecule has 0 bridgehead atoms. The van der Waals surface area contributed by atoms with Gasteiger partial charge in [-0.25, -0.2) is 0 Å². The Morgan fingerprint density at radius 1 is 1.53 bits per heavy atom. The molecule has 1 atom stereocenters. The number of carbonyl (C=O) groups is 2. The lowest BCUT2D eigenvalue weighted by Crippen LogP contribution is -2.26. The summed E-state index contributed by atoms with van der Waals surface area (Å²) < 4.78 is 0.813. The molecule has 0 spiro atoms. The van der Waals surface area contributed by atoms with Gasteiger partial charge in [-0.3, -0.25) is 9.59 Å². The Morgan fingerprint density at radius 3 is 2.76 bits per heavy atom. The molecule has 1 amide bonds. The second-order valence-electron chi connectivity index (χ2n) is 3.84. The summed E-state index contributed by atoms with van der Waals surface area (Å²) in [6.45, 7) is 0.176. The second kappa shape index (κ2) is 4.66. The van der Waals surface area contributed by atoms with Crippen LogP contribution in [0.2, 0.25) is 5.02 Å². The molecule has 4 nitrogen and oxygen atoms in total. The van der Waals surface area contributed by atoms with Crippen LogP contribution in [0.4, 0.5) is 5.69 Å². The molecule has 0 aromatic heterocycles. The monoisotopic (exact) mass is 317 g/mol. The first-order valence-electron chi connectivity index (χ1n) is 4.97. The zero-order valence-corrected chi connectivity index (χ0v) is 11.0. The van der Waals surface area contributed by atoms with Crippen molar-refractivity contribution in [3.8, 4) is 0 Å². The summed E-state index contributed by atoms with van der Waals surface area (Å²) in [6.07, 6.45) is 0.0295. The molecule has 2 rings (SSSR count). The summed E-state index contributed by atoms with van der Waals surface area (Å²) in [7, 11) is 0. The van der Waals surface area contributed by atoms with E-state index in [9.17, 15) is 9.59 Å². The van der Waals surface area contributed by atoms with Crippen molar-refractivity contribution >= 4 is 45.1 Å². The van der Waals surface area contributed by atoms with Crippen LogP contribution in [0.1, 0.15) is 6.42 Å². The standard InChI is InChI=1S/C11H9BrClNO3/c12-7-1-2-9(8(13)4-7)14-5-6(11(16)17)3-10(14)15/h1-2,4,6H,3,5H2,(H,16,17)/t6-/m0/s1. The normalized spacial score (nSPS) is 19.8. The summed E-state index contributed by atoms with van der Waals surface area (Å²) in [6, 6.07) is 5.15. The van der Waals surface area contributed by atoms with E-state index in [1.165, 1.54) is 4.90 Å². The maximum absolute atomic E-state index is 11.7. The molecule has 1 aromatic carbocycles. The number of amides is 1. The Kier molecular flexibility index (Phi) is 3.40. The Hall–Kier alpha value is -1.07. The van der Waals surface area contributed by atoms with Gasteiger partial charge in [-0.2, -0.15) is 0 Å². The van der Waals surface area contributed by atoms with Gasteiger partial charge in [0.1, 0.15) is 0 Å². The molecule has 1 saturated heterocycles. The third-order valence-electron chi connectivity index (χ3n) is 2.67. The molecular formula is C11H9BrClNO3. The van der Waals surface area contributed by atoms with Gasteiger partial charge >= 0.3 is 5.97 Å². The van der Waals surface area contributed by atoms with Crippen LogP contribution in [0, 0.1) is 5.92 Å². The van der Waals surface area contributed by atoms with Crippen LogP contribution in [0.3, 0.4) is 0 Å². The molecule has 1 aromatic rings. The summed E-state index contributed by atoms with van der Waals surface area (Å²) in [5.74, 6) is -1.81. The lowest BCUT2D eigenvalue weighted by atomic mass is 10.1. The maximum atomic E-state index is 11.7. The summed E-state index contributed by atoms with van der Waals surface area (Å²) in [5, 5.41) is 9.32. The van der Waals surface area contributed by atoms with Crippen molar-refractivity contribution in [2.45, 2.75) is 6.42 Å². The Balaban J connectivity index is 2.29. The van der Waals surface area contributed by atoms with Crippen molar-refractivity contribution in [3.05, 3.63) is 27.7 Å². The molecule has 1 fully saturated rings. The van der Waals surface area contributed by atoms with Gasteiger partial charge < -0.3 is 10.0 Å². The summed E-state index contributed by atoms with van der Waals surface area (Å²) in [5.41, 5.74) is 0.559. The third kappa shape index (κ3) is 2.45. The zero-order chi connectivity index (χ0) is 12.6. The van der Waals surface area contributed by atoms with Gasteiger partial charge in [-0.1, -0.05) is 27.5 Å². The third-order valence-corrected chi connectivity index (χ3v) is 3.47. The number of hydrogen-bond donors (Lipinski definition) is 1. The molecule has 0 unspecified atom stereocenters. The largest absolute Gasteiger partial charge is 0.481 e. The van der Waals surface area contributed by atoms with Gasteiger partial charge in [-0.05, 0) is 18.2 Å². The smallest absolute Gasteiger partial charge is 0.308 e. The number of carboxylic acids is 1. The van der Waals surface area contributed by atoms with E-state index in [1.807, 2.05) is 0 Å². The van der Waals surface area contributed by atoms with E-state index in [0.717, 1.165) is 4.47 Å². The quantitative estimate of drug-likeness (QED) is 0.911. The van der Waals surface area contributed by atoms with Gasteiger partial charge in [0.15, 0.2) is 0 Å². The van der Waals surface area contributed by atoms with Crippen molar-refractivity contribution in [1.29, 1.82) is 0 Å². The number of halogens is 2. The van der Waals surface area contributed by atoms with Crippen LogP contribution in [-0.4, -0.2) is 23.5 Å². The van der Waals surface area contributed by atoms with Crippen molar-refractivity contribution < 1.29 is 14.7 Å². The highest BCUT2D eigenvalue weighted by Gasteiger charge is 2.35. The van der Waals surface area contributed by atoms with E-state index in [1.54, 1.807) is 18.2 Å². The number of benzene rings is 1. The van der Waals surface area contributed by atoms with Crippen LogP contribution >= 0.6 is 27.5 Å². The molecule has 6 heteroatoms. The van der Waals surface area contributed by atoms with E-state index in [-0.39, 0.29) is 18.9 Å². The zero-order valence-electron chi connectivity index (χ0n) is 8.69. The molecular weight excluding hydrogens is 309 g/mol. The number of hydrogen-bond acceptors (Lipinski definition) is 2. The number of carboxylic acid groups (broad SMARTS) is 1. The fourth-order valence-corrected chi connectivity index (χ4v) is 2.58. The number of rotatable bonds is 2. The van der Waals surface area contributed by atoms with Crippen LogP contribution in [0.5, 0.6) is 0 Å². The molecule has 0 radical (unpaired) electrons. The van der Waals surface area contributed by atoms with Crippen LogP contribution in [0.25, 0.3) is 0 Å². The Morgan fingerprint density at radius 2 is 2.24 bits per heavy atom. The predicted octanol–water partition coefficient (Wildman–Crippen LogP) is 2.54. The average molecular weight is 319 g/mol. The molecule has 90 valence electrons. The van der Waals surface area contributed by atoms with Crippen molar-refractivity contribution in [2.24, 2.45) is 5.92 Å². The molecule has 0 saturated carbocycles. The van der Waals surface area contributed by atoms with E-state index >= 15 is 0 Å². The van der Waals surface area contributed by atoms with Crippen LogP contribution in [-0.2, 0) is 9.59 Å². The van der Waals surface area contributed by atoms with Crippen molar-refractivity contribution in [1.82, 2.24) is 0 Å². The number of nitrogens with zero attached hydrogens (tertiary/aromatic N) is 1. The topological polar surface area (TPSA) is 57.6 Å². The first-order valence-corrected chi connectivity index (χ1v) is 6.14. The Labute approximate surface area is 111 Å². The van der Waals surface area contributed by atoms with E-state index in [2.05, 4.69) is 15.9 Å². The van der Waals surface area contributed by atoms with Crippen LogP contribution < -0.4 is 4.90 Å². The molecule has 1 heterocycles. The second-order valence-corrected chi connectivity index (χ2v) is 5.16. The molecule has 1 N–H and O–H groups in total. The Bertz CT molecular complexity index is 492.